The van der Waals surface area contributed by atoms with Crippen LogP contribution in [0.2, 0.25) is 4.34 Å². The van der Waals surface area contributed by atoms with Gasteiger partial charge in [0, 0.05) is 11.6 Å². The van der Waals surface area contributed by atoms with E-state index in [-0.39, 0.29) is 23.7 Å². The first-order chi connectivity index (χ1) is 11.6. The van der Waals surface area contributed by atoms with Gasteiger partial charge in [0.15, 0.2) is 11.4 Å². The number of hydrogen-bond donors (Lipinski definition) is 1. The van der Waals surface area contributed by atoms with E-state index in [1.165, 1.54) is 29.5 Å². The molecule has 0 aliphatic rings. The maximum Gasteiger partial charge on any atom is 0.261 e. The van der Waals surface area contributed by atoms with Crippen LogP contribution in [-0.4, -0.2) is 11.1 Å². The molecule has 8 heteroatoms. The molecule has 0 aliphatic heterocycles. The molecule has 0 radical (unpaired) electrons. The fourth-order valence-corrected chi connectivity index (χ4v) is 2.95. The molecule has 0 spiro atoms. The Labute approximate surface area is 145 Å². The molecule has 0 saturated carbocycles. The number of carbonyl (C=O) groups excluding carboxylic acids is 1. The van der Waals surface area contributed by atoms with Crippen LogP contribution >= 0.6 is 22.9 Å². The summed E-state index contributed by atoms with van der Waals surface area (Å²) in [6.07, 6.45) is 0. The van der Waals surface area contributed by atoms with E-state index >= 15 is 0 Å². The molecule has 0 saturated heterocycles. The number of aromatic nitrogens is 1. The molecule has 1 aromatic carbocycles. The molecule has 5 nitrogen and oxygen atoms in total. The Morgan fingerprint density at radius 3 is 2.88 bits per heavy atom. The van der Waals surface area contributed by atoms with Crippen LogP contribution in [-0.2, 0) is 6.54 Å². The van der Waals surface area contributed by atoms with Crippen LogP contribution in [0, 0.1) is 12.4 Å². The molecular weight excluding hydrogens is 353 g/mol. The topological polar surface area (TPSA) is 59.5 Å². The molecule has 24 heavy (non-hydrogen) atoms. The van der Waals surface area contributed by atoms with Gasteiger partial charge < -0.3 is 9.84 Å². The number of carbonyl (C=O) groups is 1. The molecular formula is C16H9ClFN3O2S. The Hall–Kier alpha value is -2.69. The van der Waals surface area contributed by atoms with Crippen LogP contribution in [0.4, 0.5) is 10.1 Å². The minimum atomic E-state index is -0.555. The van der Waals surface area contributed by atoms with Crippen LogP contribution in [0.1, 0.15) is 15.4 Å². The third-order valence-electron chi connectivity index (χ3n) is 3.14. The van der Waals surface area contributed by atoms with Gasteiger partial charge in [0.05, 0.1) is 22.3 Å². The minimum Gasteiger partial charge on any atom is -0.359 e. The van der Waals surface area contributed by atoms with E-state index in [0.717, 1.165) is 6.07 Å². The number of nitrogens with zero attached hydrogens (tertiary/aromatic N) is 2. The van der Waals surface area contributed by atoms with E-state index in [1.807, 2.05) is 0 Å². The van der Waals surface area contributed by atoms with Gasteiger partial charge in [-0.15, -0.1) is 11.3 Å². The van der Waals surface area contributed by atoms with Crippen molar-refractivity contribution >= 4 is 34.5 Å². The summed E-state index contributed by atoms with van der Waals surface area (Å²) >= 11 is 6.96. The van der Waals surface area contributed by atoms with Gasteiger partial charge in [0.1, 0.15) is 11.5 Å². The first-order valence-corrected chi connectivity index (χ1v) is 7.93. The lowest BCUT2D eigenvalue weighted by Crippen LogP contribution is -2.21. The highest BCUT2D eigenvalue weighted by atomic mass is 35.5. The summed E-state index contributed by atoms with van der Waals surface area (Å²) in [5.41, 5.74) is 0.739. The van der Waals surface area contributed by atoms with Crippen molar-refractivity contribution in [2.75, 3.05) is 0 Å². The molecule has 120 valence electrons. The number of hydrogen-bond acceptors (Lipinski definition) is 4. The van der Waals surface area contributed by atoms with Gasteiger partial charge >= 0.3 is 0 Å². The summed E-state index contributed by atoms with van der Waals surface area (Å²) in [6.45, 7) is 6.98. The Bertz CT molecular complexity index is 945. The molecule has 1 amide bonds. The monoisotopic (exact) mass is 361 g/mol. The van der Waals surface area contributed by atoms with Gasteiger partial charge in [-0.05, 0) is 18.2 Å². The average Bonchev–Trinajstić information content (AvgIpc) is 3.21. The number of nitrogens with one attached hydrogen (secondary N) is 1. The maximum absolute atomic E-state index is 14.0. The van der Waals surface area contributed by atoms with E-state index in [2.05, 4.69) is 15.3 Å². The second-order valence-corrected chi connectivity index (χ2v) is 6.46. The van der Waals surface area contributed by atoms with Crippen LogP contribution in [0.3, 0.4) is 0 Å². The minimum absolute atomic E-state index is 0.114. The van der Waals surface area contributed by atoms with Crippen LogP contribution in [0.5, 0.6) is 0 Å². The normalized spacial score (nSPS) is 10.4. The zero-order valence-corrected chi connectivity index (χ0v) is 13.6. The maximum atomic E-state index is 14.0. The zero-order valence-electron chi connectivity index (χ0n) is 12.0. The van der Waals surface area contributed by atoms with Crippen LogP contribution in [0.15, 0.2) is 40.9 Å². The molecule has 0 atom stereocenters. The molecule has 0 bridgehead atoms. The van der Waals surface area contributed by atoms with Crippen molar-refractivity contribution in [3.63, 3.8) is 0 Å². The summed E-state index contributed by atoms with van der Waals surface area (Å²) in [7, 11) is 0. The Kier molecular flexibility index (Phi) is 4.60. The summed E-state index contributed by atoms with van der Waals surface area (Å²) in [6, 6.07) is 8.92. The number of benzene rings is 1. The molecule has 0 aliphatic carbocycles. The fourth-order valence-electron chi connectivity index (χ4n) is 2.00. The van der Waals surface area contributed by atoms with Gasteiger partial charge in [-0.3, -0.25) is 4.79 Å². The zero-order chi connectivity index (χ0) is 17.1. The van der Waals surface area contributed by atoms with E-state index in [4.69, 9.17) is 22.7 Å². The predicted molar refractivity (Wildman–Crippen MR) is 88.7 cm³/mol. The summed E-state index contributed by atoms with van der Waals surface area (Å²) in [4.78, 5) is 15.6. The number of halogens is 2. The SMILES string of the molecule is [C-]#[N+]c1ccc(-c2cc(CNC(=O)c3ccc(Cl)s3)on2)c(F)c1. The second-order valence-electron chi connectivity index (χ2n) is 4.74. The molecule has 0 unspecified atom stereocenters. The van der Waals surface area contributed by atoms with Gasteiger partial charge in [0.2, 0.25) is 0 Å². The highest BCUT2D eigenvalue weighted by Gasteiger charge is 2.13. The predicted octanol–water partition coefficient (Wildman–Crippen LogP) is 4.68. The molecule has 2 aromatic heterocycles. The number of rotatable bonds is 4. The number of amides is 1. The van der Waals surface area contributed by atoms with E-state index in [0.29, 0.717) is 20.7 Å². The van der Waals surface area contributed by atoms with Gasteiger partial charge in [-0.2, -0.15) is 0 Å². The van der Waals surface area contributed by atoms with Crippen molar-refractivity contribution < 1.29 is 13.7 Å². The summed E-state index contributed by atoms with van der Waals surface area (Å²) < 4.78 is 19.6. The van der Waals surface area contributed by atoms with Crippen molar-refractivity contribution in [2.24, 2.45) is 0 Å². The third-order valence-corrected chi connectivity index (χ3v) is 4.37. The van der Waals surface area contributed by atoms with Crippen molar-refractivity contribution in [2.45, 2.75) is 6.54 Å². The van der Waals surface area contributed by atoms with E-state index < -0.39 is 5.82 Å². The Balaban J connectivity index is 1.70. The standard InChI is InChI=1S/C16H9ClFN3O2S/c1-19-9-2-3-11(12(18)6-9)13-7-10(23-21-13)8-20-16(22)14-4-5-15(17)24-14/h2-7H,8H2,(H,20,22). The lowest BCUT2D eigenvalue weighted by atomic mass is 10.1. The Morgan fingerprint density at radius 1 is 1.38 bits per heavy atom. The van der Waals surface area contributed by atoms with Gasteiger partial charge in [-0.1, -0.05) is 28.9 Å². The quantitative estimate of drug-likeness (QED) is 0.686. The smallest absolute Gasteiger partial charge is 0.261 e. The van der Waals surface area contributed by atoms with Crippen LogP contribution < -0.4 is 5.32 Å². The van der Waals surface area contributed by atoms with E-state index in [9.17, 15) is 9.18 Å². The third kappa shape index (κ3) is 3.45. The summed E-state index contributed by atoms with van der Waals surface area (Å²) in [5.74, 6) is -0.451. The molecule has 0 fully saturated rings. The van der Waals surface area contributed by atoms with Gasteiger partial charge in [-0.25, -0.2) is 9.24 Å². The summed E-state index contributed by atoms with van der Waals surface area (Å²) in [5, 5.41) is 6.47. The van der Waals surface area contributed by atoms with Crippen LogP contribution in [0.25, 0.3) is 16.1 Å². The molecule has 3 rings (SSSR count). The molecule has 2 heterocycles. The first kappa shape index (κ1) is 16.2. The van der Waals surface area contributed by atoms with E-state index in [1.54, 1.807) is 12.1 Å². The van der Waals surface area contributed by atoms with Crippen molar-refractivity contribution in [3.05, 3.63) is 68.6 Å². The second kappa shape index (κ2) is 6.83. The first-order valence-electron chi connectivity index (χ1n) is 6.73. The highest BCUT2D eigenvalue weighted by molar-refractivity contribution is 7.17. The van der Waals surface area contributed by atoms with Crippen molar-refractivity contribution in [3.8, 4) is 11.3 Å². The number of thiophene rings is 1. The van der Waals surface area contributed by atoms with Crippen molar-refractivity contribution in [1.82, 2.24) is 10.5 Å². The molecule has 3 aromatic rings. The largest absolute Gasteiger partial charge is 0.359 e. The van der Waals surface area contributed by atoms with Crippen molar-refractivity contribution in [1.29, 1.82) is 0 Å². The lowest BCUT2D eigenvalue weighted by Gasteiger charge is -1.99. The highest BCUT2D eigenvalue weighted by Crippen LogP contribution is 2.26. The average molecular weight is 362 g/mol. The lowest BCUT2D eigenvalue weighted by molar-refractivity contribution is 0.0951. The Morgan fingerprint density at radius 2 is 2.21 bits per heavy atom. The molecule has 1 N–H and O–H groups in total. The van der Waals surface area contributed by atoms with Gasteiger partial charge in [0.25, 0.3) is 5.91 Å². The fraction of sp³-hybridized carbons (Fsp3) is 0.0625.